The molecule has 2 aliphatic heterocycles. The summed E-state index contributed by atoms with van der Waals surface area (Å²) in [7, 11) is 0. The summed E-state index contributed by atoms with van der Waals surface area (Å²) < 4.78 is 42.8. The van der Waals surface area contributed by atoms with Crippen molar-refractivity contribution in [3.63, 3.8) is 0 Å². The Morgan fingerprint density at radius 1 is 0.776 bits per heavy atom. The Kier molecular flexibility index (Phi) is 11.9. The van der Waals surface area contributed by atoms with Crippen LogP contribution in [0.3, 0.4) is 0 Å². The normalized spacial score (nSPS) is 17.4. The standard InChI is InChI=1S/C39H45F2N3O5/c1-6-47-37(45)33-27(4)42-28(5)34(35(33)31-9-7-8-10-32(31)49-39(40)41)38(46)48-24-23-43-19-21-44(22-20-43)36(29-15-11-25(2)12-16-29)30-17-13-26(3)14-18-30/h7-18,35-36,39,42H,6,19-24H2,1-5H3. The minimum atomic E-state index is -3.09. The smallest absolute Gasteiger partial charge is 0.387 e. The number of esters is 2. The molecule has 0 bridgehead atoms. The average molecular weight is 674 g/mol. The van der Waals surface area contributed by atoms with Crippen LogP contribution >= 0.6 is 0 Å². The predicted octanol–water partition coefficient (Wildman–Crippen LogP) is 6.65. The molecule has 1 fully saturated rings. The molecule has 0 aliphatic carbocycles. The number of dihydropyridines is 1. The highest BCUT2D eigenvalue weighted by atomic mass is 19.3. The van der Waals surface area contributed by atoms with E-state index in [2.05, 4.69) is 77.5 Å². The van der Waals surface area contributed by atoms with Crippen molar-refractivity contribution in [1.29, 1.82) is 0 Å². The number of nitrogens with one attached hydrogen (secondary N) is 1. The van der Waals surface area contributed by atoms with Crippen molar-refractivity contribution in [3.8, 4) is 5.75 Å². The number of nitrogens with zero attached hydrogens (tertiary/aromatic N) is 2. The van der Waals surface area contributed by atoms with Crippen LogP contribution in [0.25, 0.3) is 0 Å². The second-order valence-corrected chi connectivity index (χ2v) is 12.5. The number of hydrogen-bond acceptors (Lipinski definition) is 8. The fourth-order valence-corrected chi connectivity index (χ4v) is 6.68. The summed E-state index contributed by atoms with van der Waals surface area (Å²) >= 11 is 0. The number of piperazine rings is 1. The van der Waals surface area contributed by atoms with Crippen molar-refractivity contribution >= 4 is 11.9 Å². The Hall–Kier alpha value is -4.54. The van der Waals surface area contributed by atoms with Gasteiger partial charge in [-0.05, 0) is 51.8 Å². The Balaban J connectivity index is 1.28. The minimum Gasteiger partial charge on any atom is -0.463 e. The first-order valence-electron chi connectivity index (χ1n) is 16.7. The molecule has 3 aromatic rings. The van der Waals surface area contributed by atoms with Crippen molar-refractivity contribution in [1.82, 2.24) is 15.1 Å². The molecule has 2 aliphatic rings. The highest BCUT2D eigenvalue weighted by Crippen LogP contribution is 2.43. The molecule has 1 saturated heterocycles. The van der Waals surface area contributed by atoms with Gasteiger partial charge in [0.05, 0.1) is 29.7 Å². The third-order valence-electron chi connectivity index (χ3n) is 9.12. The van der Waals surface area contributed by atoms with Gasteiger partial charge in [0.2, 0.25) is 0 Å². The third-order valence-corrected chi connectivity index (χ3v) is 9.12. The number of allylic oxidation sites excluding steroid dienone is 2. The van der Waals surface area contributed by atoms with Crippen LogP contribution in [0.5, 0.6) is 5.75 Å². The first-order valence-corrected chi connectivity index (χ1v) is 16.7. The summed E-state index contributed by atoms with van der Waals surface area (Å²) in [5.74, 6) is -2.47. The summed E-state index contributed by atoms with van der Waals surface area (Å²) in [6.07, 6.45) is 0. The number of rotatable bonds is 12. The van der Waals surface area contributed by atoms with Crippen LogP contribution in [0.15, 0.2) is 95.3 Å². The first kappa shape index (κ1) is 35.8. The monoisotopic (exact) mass is 673 g/mol. The van der Waals surface area contributed by atoms with Gasteiger partial charge in [0.1, 0.15) is 12.4 Å². The van der Waals surface area contributed by atoms with E-state index in [4.69, 9.17) is 14.2 Å². The first-order chi connectivity index (χ1) is 23.6. The number of benzene rings is 3. The van der Waals surface area contributed by atoms with Crippen LogP contribution in [0.4, 0.5) is 8.78 Å². The van der Waals surface area contributed by atoms with E-state index in [9.17, 15) is 18.4 Å². The Morgan fingerprint density at radius 2 is 1.31 bits per heavy atom. The third kappa shape index (κ3) is 8.55. The minimum absolute atomic E-state index is 0.101. The molecule has 0 aromatic heterocycles. The SMILES string of the molecule is CCOC(=O)C1=C(C)NC(C)=C(C(=O)OCCN2CCN(C(c3ccc(C)cc3)c3ccc(C)cc3)CC2)C1c1ccccc1OC(F)F. The number of hydrogen-bond donors (Lipinski definition) is 1. The molecule has 0 spiro atoms. The number of halogens is 2. The van der Waals surface area contributed by atoms with Crippen molar-refractivity contribution in [2.24, 2.45) is 0 Å². The molecule has 0 saturated carbocycles. The maximum absolute atomic E-state index is 13.8. The van der Waals surface area contributed by atoms with Crippen molar-refractivity contribution in [3.05, 3.63) is 123 Å². The summed E-state index contributed by atoms with van der Waals surface area (Å²) in [5.41, 5.74) is 6.38. The molecule has 1 unspecified atom stereocenters. The Morgan fingerprint density at radius 3 is 1.84 bits per heavy atom. The van der Waals surface area contributed by atoms with Gasteiger partial charge in [-0.3, -0.25) is 9.80 Å². The van der Waals surface area contributed by atoms with E-state index in [0.29, 0.717) is 17.9 Å². The van der Waals surface area contributed by atoms with E-state index in [1.807, 2.05) is 0 Å². The van der Waals surface area contributed by atoms with Crippen LogP contribution in [0.1, 0.15) is 60.5 Å². The molecule has 260 valence electrons. The van der Waals surface area contributed by atoms with Crippen LogP contribution in [-0.4, -0.2) is 74.3 Å². The number of ether oxygens (including phenoxy) is 3. The zero-order valence-corrected chi connectivity index (χ0v) is 28.8. The highest BCUT2D eigenvalue weighted by Gasteiger charge is 2.39. The molecule has 5 rings (SSSR count). The zero-order valence-electron chi connectivity index (χ0n) is 28.8. The van der Waals surface area contributed by atoms with Crippen LogP contribution in [0, 0.1) is 13.8 Å². The number of carbonyl (C=O) groups excluding carboxylic acids is 2. The lowest BCUT2D eigenvalue weighted by atomic mass is 9.80. The van der Waals surface area contributed by atoms with E-state index in [1.54, 1.807) is 39.0 Å². The van der Waals surface area contributed by atoms with Gasteiger partial charge in [0.25, 0.3) is 0 Å². The highest BCUT2D eigenvalue weighted by molar-refractivity contribution is 6.00. The fourth-order valence-electron chi connectivity index (χ4n) is 6.68. The second-order valence-electron chi connectivity index (χ2n) is 12.5. The van der Waals surface area contributed by atoms with Gasteiger partial charge in [-0.25, -0.2) is 9.59 Å². The van der Waals surface area contributed by atoms with E-state index >= 15 is 0 Å². The largest absolute Gasteiger partial charge is 0.463 e. The zero-order chi connectivity index (χ0) is 35.1. The lowest BCUT2D eigenvalue weighted by Crippen LogP contribution is -2.48. The summed E-state index contributed by atoms with van der Waals surface area (Å²) in [6, 6.07) is 23.7. The maximum atomic E-state index is 13.8. The molecule has 1 atom stereocenters. The molecule has 3 aromatic carbocycles. The number of alkyl halides is 2. The predicted molar refractivity (Wildman–Crippen MR) is 184 cm³/mol. The summed E-state index contributed by atoms with van der Waals surface area (Å²) in [6.45, 7) is 10.2. The van der Waals surface area contributed by atoms with E-state index < -0.39 is 24.5 Å². The van der Waals surface area contributed by atoms with Crippen LogP contribution in [-0.2, 0) is 19.1 Å². The molecule has 0 amide bonds. The average Bonchev–Trinajstić information content (AvgIpc) is 3.07. The van der Waals surface area contributed by atoms with E-state index in [1.165, 1.54) is 28.3 Å². The number of aryl methyl sites for hydroxylation is 2. The second kappa shape index (κ2) is 16.2. The topological polar surface area (TPSA) is 80.3 Å². The number of carbonyl (C=O) groups is 2. The van der Waals surface area contributed by atoms with Crippen molar-refractivity contribution in [2.75, 3.05) is 45.9 Å². The quantitative estimate of drug-likeness (QED) is 0.214. The summed E-state index contributed by atoms with van der Waals surface area (Å²) in [4.78, 5) is 31.8. The fraction of sp³-hybridized carbons (Fsp3) is 0.385. The Labute approximate surface area is 287 Å². The molecule has 0 radical (unpaired) electrons. The summed E-state index contributed by atoms with van der Waals surface area (Å²) in [5, 5.41) is 3.10. The molecule has 10 heteroatoms. The Bertz CT molecular complexity index is 1630. The molecular formula is C39H45F2N3O5. The van der Waals surface area contributed by atoms with Gasteiger partial charge >= 0.3 is 18.6 Å². The number of para-hydroxylation sites is 1. The maximum Gasteiger partial charge on any atom is 0.387 e. The van der Waals surface area contributed by atoms with Gasteiger partial charge in [0, 0.05) is 49.7 Å². The van der Waals surface area contributed by atoms with E-state index in [-0.39, 0.29) is 41.7 Å². The van der Waals surface area contributed by atoms with Gasteiger partial charge in [-0.15, -0.1) is 0 Å². The lowest BCUT2D eigenvalue weighted by molar-refractivity contribution is -0.140. The molecule has 8 nitrogen and oxygen atoms in total. The molecule has 2 heterocycles. The van der Waals surface area contributed by atoms with E-state index in [0.717, 1.165) is 26.2 Å². The van der Waals surface area contributed by atoms with Crippen LogP contribution < -0.4 is 10.1 Å². The van der Waals surface area contributed by atoms with Gasteiger partial charge in [0.15, 0.2) is 0 Å². The lowest BCUT2D eigenvalue weighted by Gasteiger charge is -2.39. The van der Waals surface area contributed by atoms with Gasteiger partial charge in [-0.1, -0.05) is 77.9 Å². The molecule has 49 heavy (non-hydrogen) atoms. The van der Waals surface area contributed by atoms with Crippen molar-refractivity contribution < 1.29 is 32.6 Å². The van der Waals surface area contributed by atoms with Crippen LogP contribution in [0.2, 0.25) is 0 Å². The molecule has 1 N–H and O–H groups in total. The van der Waals surface area contributed by atoms with Gasteiger partial charge in [-0.2, -0.15) is 8.78 Å². The van der Waals surface area contributed by atoms with Gasteiger partial charge < -0.3 is 19.5 Å². The molecular weight excluding hydrogens is 628 g/mol. The van der Waals surface area contributed by atoms with Crippen molar-refractivity contribution in [2.45, 2.75) is 53.2 Å².